The van der Waals surface area contributed by atoms with Crippen LogP contribution in [-0.4, -0.2) is 26.5 Å². The number of hydrogen-bond acceptors (Lipinski definition) is 4. The topological polar surface area (TPSA) is 55.6 Å². The van der Waals surface area contributed by atoms with Gasteiger partial charge in [-0.2, -0.15) is 0 Å². The lowest BCUT2D eigenvalue weighted by Gasteiger charge is -2.01. The quantitative estimate of drug-likeness (QED) is 0.838. The molecule has 0 saturated heterocycles. The Morgan fingerprint density at radius 3 is 3.00 bits per heavy atom. The van der Waals surface area contributed by atoms with Crippen molar-refractivity contribution in [1.29, 1.82) is 0 Å². The number of pyridine rings is 1. The van der Waals surface area contributed by atoms with E-state index in [0.29, 0.717) is 6.54 Å². The second-order valence-electron chi connectivity index (χ2n) is 4.06. The molecule has 0 aliphatic carbocycles. The molecule has 90 valence electrons. The van der Waals surface area contributed by atoms with E-state index in [-0.39, 0.29) is 0 Å². The Bertz CT molecular complexity index is 477. The average molecular weight is 231 g/mol. The van der Waals surface area contributed by atoms with E-state index in [4.69, 9.17) is 0 Å². The summed E-state index contributed by atoms with van der Waals surface area (Å²) in [5.41, 5.74) is 3.27. The van der Waals surface area contributed by atoms with Crippen molar-refractivity contribution in [3.05, 3.63) is 41.5 Å². The zero-order chi connectivity index (χ0) is 12.1. The van der Waals surface area contributed by atoms with Crippen LogP contribution in [0.15, 0.2) is 24.7 Å². The smallest absolute Gasteiger partial charge is 0.0964 e. The van der Waals surface area contributed by atoms with E-state index >= 15 is 0 Å². The van der Waals surface area contributed by atoms with Gasteiger partial charge in [0.15, 0.2) is 0 Å². The summed E-state index contributed by atoms with van der Waals surface area (Å²) in [5, 5.41) is 11.4. The third-order valence-electron chi connectivity index (χ3n) is 2.42. The second kappa shape index (κ2) is 5.54. The van der Waals surface area contributed by atoms with Gasteiger partial charge in [0.2, 0.25) is 0 Å². The molecule has 0 bridgehead atoms. The largest absolute Gasteiger partial charge is 0.311 e. The van der Waals surface area contributed by atoms with Crippen molar-refractivity contribution >= 4 is 0 Å². The molecule has 5 heteroatoms. The van der Waals surface area contributed by atoms with Gasteiger partial charge < -0.3 is 5.32 Å². The molecule has 0 atom stereocenters. The first kappa shape index (κ1) is 11.7. The van der Waals surface area contributed by atoms with Crippen molar-refractivity contribution in [3.8, 4) is 0 Å². The molecule has 0 aliphatic rings. The molecule has 0 fully saturated rings. The van der Waals surface area contributed by atoms with Gasteiger partial charge in [0, 0.05) is 18.9 Å². The van der Waals surface area contributed by atoms with Crippen LogP contribution < -0.4 is 5.32 Å². The molecular weight excluding hydrogens is 214 g/mol. The third-order valence-corrected chi connectivity index (χ3v) is 2.42. The fraction of sp³-hybridized carbons (Fsp3) is 0.417. The molecule has 0 radical (unpaired) electrons. The Morgan fingerprint density at radius 1 is 1.35 bits per heavy atom. The van der Waals surface area contributed by atoms with E-state index in [2.05, 4.69) is 33.6 Å². The molecule has 2 aromatic heterocycles. The number of nitrogens with zero attached hydrogens (tertiary/aromatic N) is 4. The fourth-order valence-electron chi connectivity index (χ4n) is 1.64. The molecule has 17 heavy (non-hydrogen) atoms. The van der Waals surface area contributed by atoms with Crippen LogP contribution in [0.25, 0.3) is 0 Å². The zero-order valence-corrected chi connectivity index (χ0v) is 10.2. The predicted molar refractivity (Wildman–Crippen MR) is 65.5 cm³/mol. The molecule has 5 nitrogen and oxygen atoms in total. The maximum absolute atomic E-state index is 4.16. The van der Waals surface area contributed by atoms with Gasteiger partial charge in [-0.25, -0.2) is 4.68 Å². The van der Waals surface area contributed by atoms with Crippen LogP contribution >= 0.6 is 0 Å². The van der Waals surface area contributed by atoms with E-state index in [1.807, 2.05) is 30.2 Å². The lowest BCUT2D eigenvalue weighted by molar-refractivity contribution is 0.646. The normalized spacial score (nSPS) is 10.7. The van der Waals surface area contributed by atoms with Crippen LogP contribution in [0.3, 0.4) is 0 Å². The van der Waals surface area contributed by atoms with Gasteiger partial charge in [0.05, 0.1) is 18.4 Å². The second-order valence-corrected chi connectivity index (χ2v) is 4.06. The minimum Gasteiger partial charge on any atom is -0.311 e. The Balaban J connectivity index is 2.01. The molecule has 2 heterocycles. The van der Waals surface area contributed by atoms with E-state index in [9.17, 15) is 0 Å². The van der Waals surface area contributed by atoms with Crippen LogP contribution in [0.2, 0.25) is 0 Å². The summed E-state index contributed by atoms with van der Waals surface area (Å²) in [4.78, 5) is 4.16. The zero-order valence-electron chi connectivity index (χ0n) is 10.2. The van der Waals surface area contributed by atoms with Gasteiger partial charge in [-0.3, -0.25) is 4.98 Å². The summed E-state index contributed by atoms with van der Waals surface area (Å²) < 4.78 is 1.84. The SMILES string of the molecule is CCNCc1cn(Cc2cncc(C)c2)nn1. The van der Waals surface area contributed by atoms with E-state index < -0.39 is 0 Å². The lowest BCUT2D eigenvalue weighted by atomic mass is 10.2. The summed E-state index contributed by atoms with van der Waals surface area (Å²) in [6, 6.07) is 2.11. The summed E-state index contributed by atoms with van der Waals surface area (Å²) in [6.07, 6.45) is 5.67. The van der Waals surface area contributed by atoms with E-state index in [1.54, 1.807) is 0 Å². The van der Waals surface area contributed by atoms with Crippen molar-refractivity contribution in [3.63, 3.8) is 0 Å². The number of nitrogens with one attached hydrogen (secondary N) is 1. The van der Waals surface area contributed by atoms with Gasteiger partial charge in [-0.1, -0.05) is 18.2 Å². The van der Waals surface area contributed by atoms with E-state index in [1.165, 1.54) is 0 Å². The standard InChI is InChI=1S/C12H17N5/c1-3-13-7-12-9-17(16-15-12)8-11-4-10(2)5-14-6-11/h4-6,9,13H,3,7-8H2,1-2H3. The minimum absolute atomic E-state index is 0.716. The highest BCUT2D eigenvalue weighted by Gasteiger charge is 2.01. The summed E-state index contributed by atoms with van der Waals surface area (Å²) >= 11 is 0. The van der Waals surface area contributed by atoms with Gasteiger partial charge in [0.1, 0.15) is 0 Å². The van der Waals surface area contributed by atoms with Gasteiger partial charge in [0.25, 0.3) is 0 Å². The van der Waals surface area contributed by atoms with Crippen LogP contribution in [0, 0.1) is 6.92 Å². The first-order valence-electron chi connectivity index (χ1n) is 5.78. The Kier molecular flexibility index (Phi) is 3.82. The molecule has 0 saturated carbocycles. The monoisotopic (exact) mass is 231 g/mol. The molecule has 0 spiro atoms. The first-order valence-corrected chi connectivity index (χ1v) is 5.78. The van der Waals surface area contributed by atoms with Crippen molar-refractivity contribution in [2.24, 2.45) is 0 Å². The Labute approximate surface area is 101 Å². The molecule has 2 aromatic rings. The summed E-state index contributed by atoms with van der Waals surface area (Å²) in [7, 11) is 0. The van der Waals surface area contributed by atoms with Crippen LogP contribution in [0.1, 0.15) is 23.7 Å². The molecule has 0 aliphatic heterocycles. The van der Waals surface area contributed by atoms with Crippen molar-refractivity contribution in [2.45, 2.75) is 26.9 Å². The Hall–Kier alpha value is -1.75. The van der Waals surface area contributed by atoms with Crippen molar-refractivity contribution in [2.75, 3.05) is 6.54 Å². The van der Waals surface area contributed by atoms with Gasteiger partial charge in [-0.05, 0) is 24.6 Å². The molecule has 0 aromatic carbocycles. The molecular formula is C12H17N5. The fourth-order valence-corrected chi connectivity index (χ4v) is 1.64. The summed E-state index contributed by atoms with van der Waals surface area (Å²) in [6.45, 7) is 6.53. The van der Waals surface area contributed by atoms with Crippen molar-refractivity contribution in [1.82, 2.24) is 25.3 Å². The predicted octanol–water partition coefficient (Wildman–Crippen LogP) is 1.14. The number of aryl methyl sites for hydroxylation is 1. The molecule has 2 rings (SSSR count). The maximum Gasteiger partial charge on any atom is 0.0964 e. The highest BCUT2D eigenvalue weighted by Crippen LogP contribution is 2.03. The van der Waals surface area contributed by atoms with Gasteiger partial charge in [-0.15, -0.1) is 5.10 Å². The molecule has 1 N–H and O–H groups in total. The summed E-state index contributed by atoms with van der Waals surface area (Å²) in [5.74, 6) is 0. The number of hydrogen-bond donors (Lipinski definition) is 1. The number of rotatable bonds is 5. The molecule has 0 amide bonds. The minimum atomic E-state index is 0.716. The highest BCUT2D eigenvalue weighted by molar-refractivity contribution is 5.16. The first-order chi connectivity index (χ1) is 8.28. The van der Waals surface area contributed by atoms with E-state index in [0.717, 1.165) is 29.9 Å². The Morgan fingerprint density at radius 2 is 2.24 bits per heavy atom. The van der Waals surface area contributed by atoms with Crippen molar-refractivity contribution < 1.29 is 0 Å². The average Bonchev–Trinajstić information content (AvgIpc) is 2.74. The number of aromatic nitrogens is 4. The van der Waals surface area contributed by atoms with Crippen LogP contribution in [0.5, 0.6) is 0 Å². The van der Waals surface area contributed by atoms with Crippen LogP contribution in [-0.2, 0) is 13.1 Å². The third kappa shape index (κ3) is 3.35. The van der Waals surface area contributed by atoms with Crippen LogP contribution in [0.4, 0.5) is 0 Å². The molecule has 0 unspecified atom stereocenters. The highest BCUT2D eigenvalue weighted by atomic mass is 15.4. The van der Waals surface area contributed by atoms with Gasteiger partial charge >= 0.3 is 0 Å². The maximum atomic E-state index is 4.16. The lowest BCUT2D eigenvalue weighted by Crippen LogP contribution is -2.11.